The molecule has 4 nitrogen and oxygen atoms in total. The maximum Gasteiger partial charge on any atom is 0.224 e. The first-order chi connectivity index (χ1) is 9.15. The highest BCUT2D eigenvalue weighted by atomic mass is 16.5. The first kappa shape index (κ1) is 15.5. The molecule has 3 N–H and O–H groups in total. The fourth-order valence-electron chi connectivity index (χ4n) is 1.83. The molecule has 0 aromatic heterocycles. The molecule has 0 spiro atoms. The van der Waals surface area contributed by atoms with E-state index in [1.807, 2.05) is 24.3 Å². The number of ether oxygens (including phenoxy) is 1. The second-order valence-corrected chi connectivity index (χ2v) is 4.86. The highest BCUT2D eigenvalue weighted by Crippen LogP contribution is 2.12. The van der Waals surface area contributed by atoms with Gasteiger partial charge in [-0.1, -0.05) is 19.1 Å². The van der Waals surface area contributed by atoms with Crippen molar-refractivity contribution in [3.8, 4) is 5.75 Å². The molecule has 1 aromatic rings. The van der Waals surface area contributed by atoms with Crippen LogP contribution in [-0.4, -0.2) is 26.1 Å². The molecule has 0 aliphatic carbocycles. The van der Waals surface area contributed by atoms with Gasteiger partial charge in [-0.05, 0) is 43.0 Å². The maximum atomic E-state index is 11.7. The minimum Gasteiger partial charge on any atom is -0.497 e. The number of rotatable bonds is 8. The Morgan fingerprint density at radius 2 is 2.26 bits per heavy atom. The summed E-state index contributed by atoms with van der Waals surface area (Å²) in [7, 11) is 1.62. The van der Waals surface area contributed by atoms with Crippen molar-refractivity contribution < 1.29 is 9.53 Å². The molecular formula is C15H24N2O2. The average Bonchev–Trinajstić information content (AvgIpc) is 2.43. The van der Waals surface area contributed by atoms with Crippen LogP contribution >= 0.6 is 0 Å². The van der Waals surface area contributed by atoms with Crippen molar-refractivity contribution in [1.82, 2.24) is 5.32 Å². The lowest BCUT2D eigenvalue weighted by atomic mass is 10.1. The summed E-state index contributed by atoms with van der Waals surface area (Å²) in [5.74, 6) is 1.35. The van der Waals surface area contributed by atoms with Gasteiger partial charge in [0.05, 0.1) is 13.5 Å². The first-order valence-corrected chi connectivity index (χ1v) is 6.75. The molecule has 0 aliphatic rings. The third-order valence-electron chi connectivity index (χ3n) is 3.10. The van der Waals surface area contributed by atoms with Crippen molar-refractivity contribution in [3.05, 3.63) is 29.8 Å². The van der Waals surface area contributed by atoms with Crippen LogP contribution in [0.2, 0.25) is 0 Å². The molecule has 1 unspecified atom stereocenters. The summed E-state index contributed by atoms with van der Waals surface area (Å²) in [5.41, 5.74) is 6.51. The molecule has 19 heavy (non-hydrogen) atoms. The number of carbonyl (C=O) groups excluding carboxylic acids is 1. The van der Waals surface area contributed by atoms with Crippen LogP contribution < -0.4 is 15.8 Å². The summed E-state index contributed by atoms with van der Waals surface area (Å²) >= 11 is 0. The van der Waals surface area contributed by atoms with E-state index in [2.05, 4.69) is 12.2 Å². The largest absolute Gasteiger partial charge is 0.497 e. The van der Waals surface area contributed by atoms with Crippen molar-refractivity contribution in [1.29, 1.82) is 0 Å². The Kier molecular flexibility index (Phi) is 6.97. The summed E-state index contributed by atoms with van der Waals surface area (Å²) in [6.07, 6.45) is 2.42. The zero-order valence-corrected chi connectivity index (χ0v) is 11.8. The fourth-order valence-corrected chi connectivity index (χ4v) is 1.83. The number of nitrogens with one attached hydrogen (secondary N) is 1. The number of nitrogens with two attached hydrogens (primary N) is 1. The van der Waals surface area contributed by atoms with Crippen LogP contribution in [0.3, 0.4) is 0 Å². The van der Waals surface area contributed by atoms with E-state index >= 15 is 0 Å². The fraction of sp³-hybridized carbons (Fsp3) is 0.533. The molecule has 0 fully saturated rings. The zero-order chi connectivity index (χ0) is 14.1. The first-order valence-electron chi connectivity index (χ1n) is 6.75. The molecule has 0 aliphatic heterocycles. The Hall–Kier alpha value is -1.55. The van der Waals surface area contributed by atoms with Gasteiger partial charge in [0.2, 0.25) is 5.91 Å². The molecule has 1 amide bonds. The van der Waals surface area contributed by atoms with Gasteiger partial charge >= 0.3 is 0 Å². The monoisotopic (exact) mass is 264 g/mol. The van der Waals surface area contributed by atoms with Crippen molar-refractivity contribution >= 4 is 5.91 Å². The Bertz CT molecular complexity index is 393. The van der Waals surface area contributed by atoms with Crippen LogP contribution in [0.1, 0.15) is 25.3 Å². The quantitative estimate of drug-likeness (QED) is 0.703. The van der Waals surface area contributed by atoms with Gasteiger partial charge in [-0.15, -0.1) is 0 Å². The molecule has 1 aromatic carbocycles. The number of amides is 1. The van der Waals surface area contributed by atoms with Crippen LogP contribution in [0.5, 0.6) is 5.75 Å². The van der Waals surface area contributed by atoms with Gasteiger partial charge < -0.3 is 15.8 Å². The number of hydrogen-bond acceptors (Lipinski definition) is 3. The smallest absolute Gasteiger partial charge is 0.224 e. The normalized spacial score (nSPS) is 11.9. The topological polar surface area (TPSA) is 64.3 Å². The summed E-state index contributed by atoms with van der Waals surface area (Å²) < 4.78 is 5.13. The molecule has 0 bridgehead atoms. The molecule has 0 heterocycles. The Morgan fingerprint density at radius 3 is 2.95 bits per heavy atom. The third kappa shape index (κ3) is 6.25. The van der Waals surface area contributed by atoms with Gasteiger partial charge in [0.25, 0.3) is 0 Å². The summed E-state index contributed by atoms with van der Waals surface area (Å²) in [5, 5.41) is 2.93. The minimum atomic E-state index is 0.0497. The molecule has 1 atom stereocenters. The third-order valence-corrected chi connectivity index (χ3v) is 3.10. The van der Waals surface area contributed by atoms with E-state index in [0.29, 0.717) is 25.4 Å². The van der Waals surface area contributed by atoms with Crippen LogP contribution in [0.4, 0.5) is 0 Å². The van der Waals surface area contributed by atoms with Crippen molar-refractivity contribution in [2.75, 3.05) is 20.2 Å². The number of carbonyl (C=O) groups is 1. The second kappa shape index (κ2) is 8.53. The second-order valence-electron chi connectivity index (χ2n) is 4.86. The number of hydrogen-bond donors (Lipinski definition) is 2. The molecule has 4 heteroatoms. The number of methoxy groups -OCH3 is 1. The Morgan fingerprint density at radius 1 is 1.47 bits per heavy atom. The highest BCUT2D eigenvalue weighted by molar-refractivity contribution is 5.78. The van der Waals surface area contributed by atoms with Gasteiger partial charge in [0.1, 0.15) is 5.75 Å². The molecule has 0 saturated heterocycles. The van der Waals surface area contributed by atoms with Gasteiger partial charge in [0.15, 0.2) is 0 Å². The average molecular weight is 264 g/mol. The molecule has 0 saturated carbocycles. The van der Waals surface area contributed by atoms with Crippen LogP contribution in [0, 0.1) is 5.92 Å². The van der Waals surface area contributed by atoms with E-state index in [-0.39, 0.29) is 5.91 Å². The zero-order valence-electron chi connectivity index (χ0n) is 11.8. The SMILES string of the molecule is COc1cccc(CC(=O)NCCCC(C)CN)c1. The minimum absolute atomic E-state index is 0.0497. The predicted octanol–water partition coefficient (Wildman–Crippen LogP) is 1.73. The molecular weight excluding hydrogens is 240 g/mol. The van der Waals surface area contributed by atoms with E-state index in [9.17, 15) is 4.79 Å². The lowest BCUT2D eigenvalue weighted by Gasteiger charge is -2.09. The van der Waals surface area contributed by atoms with Gasteiger partial charge in [-0.2, -0.15) is 0 Å². The van der Waals surface area contributed by atoms with Crippen molar-refractivity contribution in [2.24, 2.45) is 11.7 Å². The van der Waals surface area contributed by atoms with E-state index in [4.69, 9.17) is 10.5 Å². The lowest BCUT2D eigenvalue weighted by molar-refractivity contribution is -0.120. The van der Waals surface area contributed by atoms with Gasteiger partial charge in [0, 0.05) is 6.54 Å². The number of benzene rings is 1. The van der Waals surface area contributed by atoms with E-state index in [1.54, 1.807) is 7.11 Å². The van der Waals surface area contributed by atoms with Crippen LogP contribution in [0.15, 0.2) is 24.3 Å². The van der Waals surface area contributed by atoms with E-state index < -0.39 is 0 Å². The standard InChI is InChI=1S/C15H24N2O2/c1-12(11-16)5-4-8-17-15(18)10-13-6-3-7-14(9-13)19-2/h3,6-7,9,12H,4-5,8,10-11,16H2,1-2H3,(H,17,18). The maximum absolute atomic E-state index is 11.7. The van der Waals surface area contributed by atoms with Gasteiger partial charge in [-0.3, -0.25) is 4.79 Å². The van der Waals surface area contributed by atoms with Crippen molar-refractivity contribution in [3.63, 3.8) is 0 Å². The lowest BCUT2D eigenvalue weighted by Crippen LogP contribution is -2.26. The summed E-state index contributed by atoms with van der Waals surface area (Å²) in [4.78, 5) is 11.7. The van der Waals surface area contributed by atoms with E-state index in [1.165, 1.54) is 0 Å². The Labute approximate surface area is 115 Å². The summed E-state index contributed by atoms with van der Waals surface area (Å²) in [6, 6.07) is 7.58. The molecule has 0 radical (unpaired) electrons. The molecule has 106 valence electrons. The van der Waals surface area contributed by atoms with Crippen LogP contribution in [-0.2, 0) is 11.2 Å². The predicted molar refractivity (Wildman–Crippen MR) is 77.2 cm³/mol. The molecule has 1 rings (SSSR count). The van der Waals surface area contributed by atoms with Crippen molar-refractivity contribution in [2.45, 2.75) is 26.2 Å². The van der Waals surface area contributed by atoms with Gasteiger partial charge in [-0.25, -0.2) is 0 Å². The Balaban J connectivity index is 2.27. The highest BCUT2D eigenvalue weighted by Gasteiger charge is 2.04. The van der Waals surface area contributed by atoms with Crippen LogP contribution in [0.25, 0.3) is 0 Å². The van der Waals surface area contributed by atoms with E-state index in [0.717, 1.165) is 24.2 Å². The summed E-state index contributed by atoms with van der Waals surface area (Å²) in [6.45, 7) is 3.54.